The van der Waals surface area contributed by atoms with Gasteiger partial charge >= 0.3 is 0 Å². The van der Waals surface area contributed by atoms with Crippen molar-refractivity contribution >= 4 is 23.2 Å². The standard InChI is InChI=1S/C28H33N3O4/c1-18-15-21(16-19(2)26(18)35-6)17-31(4)20(3)27(32)29-23-13-11-22(12-14-23)28(33)30-24-9-7-8-10-25(24)34-5/h7-16,20H,17H2,1-6H3,(H,29,32)(H,30,33). The first-order valence-corrected chi connectivity index (χ1v) is 11.4. The van der Waals surface area contributed by atoms with Gasteiger partial charge < -0.3 is 20.1 Å². The fraction of sp³-hybridized carbons (Fsp3) is 0.286. The number of anilines is 2. The number of hydrogen-bond donors (Lipinski definition) is 2. The molecule has 0 saturated heterocycles. The van der Waals surface area contributed by atoms with E-state index in [1.807, 2.05) is 44.9 Å². The summed E-state index contributed by atoms with van der Waals surface area (Å²) in [5.74, 6) is 1.09. The SMILES string of the molecule is COc1ccccc1NC(=O)c1ccc(NC(=O)C(C)N(C)Cc2cc(C)c(OC)c(C)c2)cc1. The number of nitrogens with zero attached hydrogens (tertiary/aromatic N) is 1. The van der Waals surface area contributed by atoms with Crippen LogP contribution in [-0.4, -0.2) is 44.0 Å². The molecule has 0 radical (unpaired) electrons. The van der Waals surface area contributed by atoms with Crippen molar-refractivity contribution in [3.8, 4) is 11.5 Å². The van der Waals surface area contributed by atoms with Gasteiger partial charge in [-0.3, -0.25) is 14.5 Å². The van der Waals surface area contributed by atoms with E-state index in [2.05, 4.69) is 22.8 Å². The molecule has 35 heavy (non-hydrogen) atoms. The van der Waals surface area contributed by atoms with E-state index in [9.17, 15) is 9.59 Å². The van der Waals surface area contributed by atoms with Gasteiger partial charge in [-0.25, -0.2) is 0 Å². The minimum absolute atomic E-state index is 0.124. The number of carbonyl (C=O) groups excluding carboxylic acids is 2. The number of methoxy groups -OCH3 is 2. The second-order valence-electron chi connectivity index (χ2n) is 8.57. The molecule has 0 aliphatic carbocycles. The summed E-state index contributed by atoms with van der Waals surface area (Å²) >= 11 is 0. The Labute approximate surface area is 207 Å². The predicted octanol–water partition coefficient (Wildman–Crippen LogP) is 5.03. The minimum Gasteiger partial charge on any atom is -0.496 e. The van der Waals surface area contributed by atoms with E-state index in [0.29, 0.717) is 29.2 Å². The Balaban J connectivity index is 1.59. The van der Waals surface area contributed by atoms with Crippen LogP contribution in [0.5, 0.6) is 11.5 Å². The molecule has 0 heterocycles. The van der Waals surface area contributed by atoms with Gasteiger partial charge in [-0.15, -0.1) is 0 Å². The Hall–Kier alpha value is -3.84. The molecule has 0 fully saturated rings. The number of ether oxygens (including phenoxy) is 2. The number of carbonyl (C=O) groups is 2. The van der Waals surface area contributed by atoms with Crippen LogP contribution in [0.2, 0.25) is 0 Å². The smallest absolute Gasteiger partial charge is 0.255 e. The van der Waals surface area contributed by atoms with E-state index >= 15 is 0 Å². The van der Waals surface area contributed by atoms with Crippen LogP contribution in [0.3, 0.4) is 0 Å². The van der Waals surface area contributed by atoms with Crippen molar-refractivity contribution in [2.45, 2.75) is 33.4 Å². The molecule has 0 aromatic heterocycles. The number of nitrogens with one attached hydrogen (secondary N) is 2. The summed E-state index contributed by atoms with van der Waals surface area (Å²) in [7, 11) is 5.15. The molecule has 0 aliphatic rings. The number of rotatable bonds is 9. The first-order chi connectivity index (χ1) is 16.7. The van der Waals surface area contributed by atoms with E-state index in [1.54, 1.807) is 50.6 Å². The van der Waals surface area contributed by atoms with Gasteiger partial charge in [0.05, 0.1) is 25.9 Å². The largest absolute Gasteiger partial charge is 0.496 e. The van der Waals surface area contributed by atoms with Gasteiger partial charge in [0.25, 0.3) is 5.91 Å². The molecule has 0 spiro atoms. The molecule has 0 aliphatic heterocycles. The van der Waals surface area contributed by atoms with Crippen molar-refractivity contribution in [1.29, 1.82) is 0 Å². The average molecular weight is 476 g/mol. The monoisotopic (exact) mass is 475 g/mol. The molecule has 7 heteroatoms. The van der Waals surface area contributed by atoms with Gasteiger partial charge in [-0.2, -0.15) is 0 Å². The summed E-state index contributed by atoms with van der Waals surface area (Å²) in [4.78, 5) is 27.4. The van der Waals surface area contributed by atoms with Crippen LogP contribution >= 0.6 is 0 Å². The lowest BCUT2D eigenvalue weighted by Gasteiger charge is -2.24. The minimum atomic E-state index is -0.355. The predicted molar refractivity (Wildman–Crippen MR) is 139 cm³/mol. The highest BCUT2D eigenvalue weighted by atomic mass is 16.5. The summed E-state index contributed by atoms with van der Waals surface area (Å²) in [6.45, 7) is 6.54. The Morgan fingerprint density at radius 2 is 1.54 bits per heavy atom. The van der Waals surface area contributed by atoms with E-state index in [0.717, 1.165) is 22.4 Å². The molecule has 3 rings (SSSR count). The van der Waals surface area contributed by atoms with E-state index in [1.165, 1.54) is 0 Å². The van der Waals surface area contributed by atoms with Crippen molar-refractivity contribution in [2.75, 3.05) is 31.9 Å². The van der Waals surface area contributed by atoms with Gasteiger partial charge in [0.2, 0.25) is 5.91 Å². The molecule has 1 atom stereocenters. The maximum atomic E-state index is 12.8. The van der Waals surface area contributed by atoms with Gasteiger partial charge in [0.15, 0.2) is 0 Å². The summed E-state index contributed by atoms with van der Waals surface area (Å²) in [6.07, 6.45) is 0. The number of likely N-dealkylation sites (N-methyl/N-ethyl adjacent to an activating group) is 1. The molecular weight excluding hydrogens is 442 g/mol. The van der Waals surface area contributed by atoms with Crippen LogP contribution in [0.15, 0.2) is 60.7 Å². The highest BCUT2D eigenvalue weighted by molar-refractivity contribution is 6.05. The number of amides is 2. The maximum absolute atomic E-state index is 12.8. The van der Waals surface area contributed by atoms with Gasteiger partial charge in [-0.05, 0) is 80.9 Å². The van der Waals surface area contributed by atoms with Crippen LogP contribution in [0, 0.1) is 13.8 Å². The number of para-hydroxylation sites is 2. The Bertz CT molecular complexity index is 1170. The summed E-state index contributed by atoms with van der Waals surface area (Å²) in [5, 5.41) is 5.77. The third-order valence-corrected chi connectivity index (χ3v) is 5.97. The molecule has 3 aromatic carbocycles. The first kappa shape index (κ1) is 25.8. The van der Waals surface area contributed by atoms with Crippen molar-refractivity contribution in [1.82, 2.24) is 4.90 Å². The lowest BCUT2D eigenvalue weighted by Crippen LogP contribution is -2.39. The van der Waals surface area contributed by atoms with Crippen LogP contribution in [0.4, 0.5) is 11.4 Å². The fourth-order valence-corrected chi connectivity index (χ4v) is 3.97. The zero-order valence-electron chi connectivity index (χ0n) is 21.1. The Kier molecular flexibility index (Phi) is 8.49. The summed E-state index contributed by atoms with van der Waals surface area (Å²) in [5.41, 5.74) is 4.96. The van der Waals surface area contributed by atoms with E-state index < -0.39 is 0 Å². The van der Waals surface area contributed by atoms with Crippen molar-refractivity contribution in [3.63, 3.8) is 0 Å². The second-order valence-corrected chi connectivity index (χ2v) is 8.57. The summed E-state index contributed by atoms with van der Waals surface area (Å²) in [6, 6.07) is 17.8. The van der Waals surface area contributed by atoms with Crippen LogP contribution in [0.1, 0.15) is 34.0 Å². The van der Waals surface area contributed by atoms with Gasteiger partial charge in [-0.1, -0.05) is 24.3 Å². The van der Waals surface area contributed by atoms with E-state index in [4.69, 9.17) is 9.47 Å². The van der Waals surface area contributed by atoms with Crippen LogP contribution < -0.4 is 20.1 Å². The second kappa shape index (κ2) is 11.5. The maximum Gasteiger partial charge on any atom is 0.255 e. The van der Waals surface area contributed by atoms with Crippen molar-refractivity contribution in [2.24, 2.45) is 0 Å². The zero-order valence-corrected chi connectivity index (χ0v) is 21.1. The normalized spacial score (nSPS) is 11.6. The zero-order chi connectivity index (χ0) is 25.5. The molecule has 0 bridgehead atoms. The number of hydrogen-bond acceptors (Lipinski definition) is 5. The van der Waals surface area contributed by atoms with Crippen LogP contribution in [-0.2, 0) is 11.3 Å². The molecule has 2 N–H and O–H groups in total. The molecule has 7 nitrogen and oxygen atoms in total. The highest BCUT2D eigenvalue weighted by Gasteiger charge is 2.19. The third kappa shape index (κ3) is 6.39. The number of benzene rings is 3. The van der Waals surface area contributed by atoms with Crippen LogP contribution in [0.25, 0.3) is 0 Å². The quantitative estimate of drug-likeness (QED) is 0.454. The topological polar surface area (TPSA) is 79.9 Å². The lowest BCUT2D eigenvalue weighted by molar-refractivity contribution is -0.120. The van der Waals surface area contributed by atoms with Crippen molar-refractivity contribution < 1.29 is 19.1 Å². The number of aryl methyl sites for hydroxylation is 2. The molecule has 184 valence electrons. The third-order valence-electron chi connectivity index (χ3n) is 5.97. The van der Waals surface area contributed by atoms with Gasteiger partial charge in [0.1, 0.15) is 11.5 Å². The molecule has 1 unspecified atom stereocenters. The molecule has 0 saturated carbocycles. The summed E-state index contributed by atoms with van der Waals surface area (Å²) < 4.78 is 10.7. The first-order valence-electron chi connectivity index (χ1n) is 11.4. The molecular formula is C28H33N3O4. The Morgan fingerprint density at radius 3 is 2.14 bits per heavy atom. The Morgan fingerprint density at radius 1 is 0.914 bits per heavy atom. The molecule has 3 aromatic rings. The lowest BCUT2D eigenvalue weighted by atomic mass is 10.0. The van der Waals surface area contributed by atoms with Gasteiger partial charge in [0, 0.05) is 17.8 Å². The molecule has 2 amide bonds. The average Bonchev–Trinajstić information content (AvgIpc) is 2.84. The highest BCUT2D eigenvalue weighted by Crippen LogP contribution is 2.26. The fourth-order valence-electron chi connectivity index (χ4n) is 3.97. The van der Waals surface area contributed by atoms with Crippen molar-refractivity contribution in [3.05, 3.63) is 82.9 Å². The van der Waals surface area contributed by atoms with E-state index in [-0.39, 0.29) is 17.9 Å².